The Kier molecular flexibility index (Phi) is 7.55. The summed E-state index contributed by atoms with van der Waals surface area (Å²) in [5.74, 6) is -2.14. The van der Waals surface area contributed by atoms with E-state index in [9.17, 15) is 23.5 Å². The molecule has 1 aromatic heterocycles. The van der Waals surface area contributed by atoms with Gasteiger partial charge in [-0.3, -0.25) is 9.59 Å². The minimum Gasteiger partial charge on any atom is -0.393 e. The highest BCUT2D eigenvalue weighted by atomic mass is 19.1. The summed E-state index contributed by atoms with van der Waals surface area (Å²) < 4.78 is 29.4. The maximum Gasteiger partial charge on any atom is 0.257 e. The number of H-pyrrole nitrogens is 1. The van der Waals surface area contributed by atoms with Crippen LogP contribution in [0.5, 0.6) is 0 Å². The number of rotatable bonds is 7. The van der Waals surface area contributed by atoms with Crippen molar-refractivity contribution in [2.45, 2.75) is 18.9 Å². The van der Waals surface area contributed by atoms with Gasteiger partial charge in [-0.2, -0.15) is 0 Å². The Balaban J connectivity index is 1.19. The van der Waals surface area contributed by atoms with Crippen molar-refractivity contribution in [1.82, 2.24) is 4.98 Å². The van der Waals surface area contributed by atoms with Crippen LogP contribution in [0.4, 0.5) is 37.2 Å². The van der Waals surface area contributed by atoms with Crippen molar-refractivity contribution < 1.29 is 23.5 Å². The highest BCUT2D eigenvalue weighted by Gasteiger charge is 2.18. The van der Waals surface area contributed by atoms with E-state index in [1.165, 1.54) is 30.5 Å². The Hall–Kier alpha value is -4.70. The number of nitrogens with one attached hydrogen (secondary N) is 4. The number of nitrogens with zero attached hydrogens (tertiary/aromatic N) is 1. The normalized spacial score (nSPS) is 13.7. The van der Waals surface area contributed by atoms with E-state index in [2.05, 4.69) is 25.8 Å². The second-order valence-electron chi connectivity index (χ2n) is 9.29. The number of hydrogen-bond donors (Lipinski definition) is 5. The third-order valence-corrected chi connectivity index (χ3v) is 6.54. The van der Waals surface area contributed by atoms with Gasteiger partial charge in [0.15, 0.2) is 0 Å². The molecular formula is C29H27F2N5O3. The predicted octanol–water partition coefficient (Wildman–Crippen LogP) is 5.50. The Bertz CT molecular complexity index is 1470. The van der Waals surface area contributed by atoms with Gasteiger partial charge in [0.25, 0.3) is 11.8 Å². The third kappa shape index (κ3) is 6.24. The summed E-state index contributed by atoms with van der Waals surface area (Å²) >= 11 is 0. The molecule has 2 heterocycles. The van der Waals surface area contributed by atoms with Gasteiger partial charge in [-0.25, -0.2) is 8.78 Å². The van der Waals surface area contributed by atoms with Crippen LogP contribution >= 0.6 is 0 Å². The standard InChI is InChI=1S/C29H27F2N5O3/c30-24-15-20(33-28(38)18-1-5-22(6-2-18)36-13-10-23(37)11-14-36)3-7-26(24)35-27-8-4-21(16-25(27)31)34-29(39)19-9-12-32-17-19/h1-9,12,15-17,23,32,35,37H,10-11,13-14H2,(H,33,38)(H,34,39). The van der Waals surface area contributed by atoms with Crippen LogP contribution in [0.1, 0.15) is 33.6 Å². The van der Waals surface area contributed by atoms with Gasteiger partial charge in [-0.1, -0.05) is 0 Å². The average molecular weight is 532 g/mol. The van der Waals surface area contributed by atoms with Crippen LogP contribution < -0.4 is 20.9 Å². The molecule has 1 saturated heterocycles. The molecule has 0 atom stereocenters. The number of benzene rings is 3. The lowest BCUT2D eigenvalue weighted by molar-refractivity contribution is 0.101. The second-order valence-corrected chi connectivity index (χ2v) is 9.29. The molecule has 200 valence electrons. The number of hydrogen-bond acceptors (Lipinski definition) is 5. The number of aromatic amines is 1. The fourth-order valence-corrected chi connectivity index (χ4v) is 4.35. The smallest absolute Gasteiger partial charge is 0.257 e. The summed E-state index contributed by atoms with van der Waals surface area (Å²) in [6, 6.07) is 16.8. The molecule has 0 saturated carbocycles. The number of piperidine rings is 1. The molecule has 1 aliphatic rings. The molecule has 5 N–H and O–H groups in total. The van der Waals surface area contributed by atoms with E-state index in [0.717, 1.165) is 30.9 Å². The van der Waals surface area contributed by atoms with Crippen molar-refractivity contribution in [3.63, 3.8) is 0 Å². The van der Waals surface area contributed by atoms with Crippen molar-refractivity contribution in [2.75, 3.05) is 33.9 Å². The maximum absolute atomic E-state index is 14.8. The average Bonchev–Trinajstić information content (AvgIpc) is 3.48. The van der Waals surface area contributed by atoms with Crippen LogP contribution in [-0.4, -0.2) is 41.1 Å². The minimum absolute atomic E-state index is 0.0204. The lowest BCUT2D eigenvalue weighted by Gasteiger charge is -2.31. The van der Waals surface area contributed by atoms with E-state index in [1.807, 2.05) is 12.1 Å². The first-order chi connectivity index (χ1) is 18.9. The summed E-state index contributed by atoms with van der Waals surface area (Å²) in [6.45, 7) is 1.51. The summed E-state index contributed by atoms with van der Waals surface area (Å²) in [4.78, 5) is 29.8. The summed E-state index contributed by atoms with van der Waals surface area (Å²) in [5, 5.41) is 17.6. The summed E-state index contributed by atoms with van der Waals surface area (Å²) in [5.41, 5.74) is 2.35. The minimum atomic E-state index is -0.681. The zero-order valence-electron chi connectivity index (χ0n) is 20.9. The first-order valence-corrected chi connectivity index (χ1v) is 12.5. The highest BCUT2D eigenvalue weighted by Crippen LogP contribution is 2.27. The quantitative estimate of drug-likeness (QED) is 0.216. The molecule has 0 radical (unpaired) electrons. The van der Waals surface area contributed by atoms with Gasteiger partial charge >= 0.3 is 0 Å². The Morgan fingerprint density at radius 2 is 1.36 bits per heavy atom. The number of aromatic nitrogens is 1. The Labute approximate surface area is 223 Å². The first-order valence-electron chi connectivity index (χ1n) is 12.5. The molecule has 3 aromatic carbocycles. The monoisotopic (exact) mass is 531 g/mol. The van der Waals surface area contributed by atoms with Crippen LogP contribution in [0, 0.1) is 11.6 Å². The van der Waals surface area contributed by atoms with Gasteiger partial charge in [0, 0.05) is 48.1 Å². The fourth-order valence-electron chi connectivity index (χ4n) is 4.35. The molecule has 8 nitrogen and oxygen atoms in total. The molecule has 1 aliphatic heterocycles. The molecule has 0 unspecified atom stereocenters. The first kappa shape index (κ1) is 25.9. The van der Waals surface area contributed by atoms with Gasteiger partial charge in [-0.05, 0) is 79.6 Å². The van der Waals surface area contributed by atoms with E-state index in [4.69, 9.17) is 0 Å². The SMILES string of the molecule is O=C(Nc1ccc(Nc2ccc(NC(=O)c3cc[nH]c3)cc2F)c(F)c1)c1ccc(N2CCC(O)CC2)cc1. The van der Waals surface area contributed by atoms with Crippen molar-refractivity contribution in [3.8, 4) is 0 Å². The van der Waals surface area contributed by atoms with Crippen LogP contribution in [0.25, 0.3) is 0 Å². The van der Waals surface area contributed by atoms with Gasteiger partial charge in [0.1, 0.15) is 11.6 Å². The molecular weight excluding hydrogens is 504 g/mol. The van der Waals surface area contributed by atoms with E-state index in [-0.39, 0.29) is 34.8 Å². The molecule has 39 heavy (non-hydrogen) atoms. The van der Waals surface area contributed by atoms with Crippen molar-refractivity contribution in [3.05, 3.63) is 102 Å². The zero-order valence-corrected chi connectivity index (χ0v) is 20.9. The molecule has 0 aliphatic carbocycles. The van der Waals surface area contributed by atoms with Gasteiger partial charge in [0.2, 0.25) is 0 Å². The molecule has 10 heteroatoms. The number of aliphatic hydroxyl groups is 1. The number of carbonyl (C=O) groups excluding carboxylic acids is 2. The summed E-state index contributed by atoms with van der Waals surface area (Å²) in [6.07, 6.45) is 4.29. The number of carbonyl (C=O) groups is 2. The fraction of sp³-hybridized carbons (Fsp3) is 0.172. The Morgan fingerprint density at radius 1 is 0.795 bits per heavy atom. The number of anilines is 5. The van der Waals surface area contributed by atoms with Crippen LogP contribution in [0.15, 0.2) is 79.1 Å². The van der Waals surface area contributed by atoms with Crippen molar-refractivity contribution in [1.29, 1.82) is 0 Å². The molecule has 1 fully saturated rings. The van der Waals surface area contributed by atoms with Crippen molar-refractivity contribution in [2.24, 2.45) is 0 Å². The van der Waals surface area contributed by atoms with Crippen LogP contribution in [0.3, 0.4) is 0 Å². The second kappa shape index (κ2) is 11.4. The molecule has 4 aromatic rings. The largest absolute Gasteiger partial charge is 0.393 e. The molecule has 5 rings (SSSR count). The molecule has 0 spiro atoms. The predicted molar refractivity (Wildman–Crippen MR) is 147 cm³/mol. The lowest BCUT2D eigenvalue weighted by Crippen LogP contribution is -2.35. The topological polar surface area (TPSA) is 109 Å². The lowest BCUT2D eigenvalue weighted by atomic mass is 10.1. The maximum atomic E-state index is 14.8. The van der Waals surface area contributed by atoms with Crippen LogP contribution in [0.2, 0.25) is 0 Å². The van der Waals surface area contributed by atoms with E-state index < -0.39 is 17.5 Å². The zero-order chi connectivity index (χ0) is 27.4. The highest BCUT2D eigenvalue weighted by molar-refractivity contribution is 6.05. The number of aliphatic hydroxyl groups excluding tert-OH is 1. The summed E-state index contributed by atoms with van der Waals surface area (Å²) in [7, 11) is 0. The molecule has 2 amide bonds. The van der Waals surface area contributed by atoms with E-state index in [0.29, 0.717) is 24.0 Å². The van der Waals surface area contributed by atoms with E-state index >= 15 is 0 Å². The third-order valence-electron chi connectivity index (χ3n) is 6.54. The number of amides is 2. The molecule has 0 bridgehead atoms. The van der Waals surface area contributed by atoms with Crippen LogP contribution in [-0.2, 0) is 0 Å². The number of halogens is 2. The van der Waals surface area contributed by atoms with Gasteiger partial charge < -0.3 is 30.9 Å². The van der Waals surface area contributed by atoms with E-state index in [1.54, 1.807) is 24.4 Å². The van der Waals surface area contributed by atoms with Crippen molar-refractivity contribution >= 4 is 40.3 Å². The van der Waals surface area contributed by atoms with Gasteiger partial charge in [0.05, 0.1) is 23.0 Å². The Morgan fingerprint density at radius 3 is 1.87 bits per heavy atom. The van der Waals surface area contributed by atoms with Gasteiger partial charge in [-0.15, -0.1) is 0 Å².